The van der Waals surface area contributed by atoms with Crippen LogP contribution in [0.5, 0.6) is 0 Å². The number of hydrogen-bond donors (Lipinski definition) is 1. The number of rotatable bonds is 3. The van der Waals surface area contributed by atoms with Crippen LogP contribution in [0.2, 0.25) is 0 Å². The first-order valence-corrected chi connectivity index (χ1v) is 7.04. The largest absolute Gasteiger partial charge is 0.359 e. The number of carbonyl (C=O) groups is 1. The molecule has 1 N–H and O–H groups in total. The summed E-state index contributed by atoms with van der Waals surface area (Å²) in [6.45, 7) is 2.23. The second-order valence-electron chi connectivity index (χ2n) is 5.31. The molecule has 0 atom stereocenters. The minimum absolute atomic E-state index is 0.0626. The van der Waals surface area contributed by atoms with Crippen molar-refractivity contribution in [1.29, 1.82) is 0 Å². The van der Waals surface area contributed by atoms with Gasteiger partial charge in [0.2, 0.25) is 0 Å². The van der Waals surface area contributed by atoms with Gasteiger partial charge in [0.1, 0.15) is 0 Å². The van der Waals surface area contributed by atoms with Crippen molar-refractivity contribution in [3.63, 3.8) is 0 Å². The van der Waals surface area contributed by atoms with Gasteiger partial charge in [-0.05, 0) is 55.9 Å². The number of aromatic nitrogens is 1. The highest BCUT2D eigenvalue weighted by atomic mass is 16.5. The molecule has 0 spiro atoms. The minimum Gasteiger partial charge on any atom is -0.359 e. The minimum atomic E-state index is -0.0626. The third kappa shape index (κ3) is 2.74. The SMILES string of the molecule is Cc1cc(CNC(=O)c2ccc3c(c2)CCCC3)on1. The first-order chi connectivity index (χ1) is 9.72. The molecular weight excluding hydrogens is 252 g/mol. The standard InChI is InChI=1S/C16H18N2O2/c1-11-8-15(20-18-11)10-17-16(19)14-7-6-12-4-2-3-5-13(12)9-14/h6-9H,2-5,10H2,1H3,(H,17,19). The van der Waals surface area contributed by atoms with E-state index in [4.69, 9.17) is 4.52 Å². The van der Waals surface area contributed by atoms with Crippen molar-refractivity contribution in [2.75, 3.05) is 0 Å². The number of fused-ring (bicyclic) bond motifs is 1. The molecule has 1 aromatic carbocycles. The van der Waals surface area contributed by atoms with Crippen molar-refractivity contribution in [3.8, 4) is 0 Å². The Morgan fingerprint density at radius 2 is 2.05 bits per heavy atom. The van der Waals surface area contributed by atoms with Crippen LogP contribution in [0.4, 0.5) is 0 Å². The molecule has 1 amide bonds. The number of nitrogens with zero attached hydrogens (tertiary/aromatic N) is 1. The highest BCUT2D eigenvalue weighted by molar-refractivity contribution is 5.94. The van der Waals surface area contributed by atoms with Crippen molar-refractivity contribution in [1.82, 2.24) is 10.5 Å². The number of carbonyl (C=O) groups excluding carboxylic acids is 1. The summed E-state index contributed by atoms with van der Waals surface area (Å²) in [5.74, 6) is 0.612. The lowest BCUT2D eigenvalue weighted by molar-refractivity contribution is 0.0947. The van der Waals surface area contributed by atoms with Gasteiger partial charge in [0.05, 0.1) is 12.2 Å². The van der Waals surface area contributed by atoms with Gasteiger partial charge in [0.25, 0.3) is 5.91 Å². The Morgan fingerprint density at radius 1 is 1.25 bits per heavy atom. The Bertz CT molecular complexity index is 631. The van der Waals surface area contributed by atoms with Gasteiger partial charge in [-0.2, -0.15) is 0 Å². The zero-order chi connectivity index (χ0) is 13.9. The smallest absolute Gasteiger partial charge is 0.251 e. The Balaban J connectivity index is 1.67. The maximum Gasteiger partial charge on any atom is 0.251 e. The fourth-order valence-electron chi connectivity index (χ4n) is 2.64. The Hall–Kier alpha value is -2.10. The maximum absolute atomic E-state index is 12.1. The Kier molecular flexibility index (Phi) is 3.54. The molecule has 1 aliphatic carbocycles. The third-order valence-corrected chi connectivity index (χ3v) is 3.71. The molecular formula is C16H18N2O2. The quantitative estimate of drug-likeness (QED) is 0.933. The van der Waals surface area contributed by atoms with Crippen LogP contribution in [0.15, 0.2) is 28.8 Å². The van der Waals surface area contributed by atoms with Crippen molar-refractivity contribution < 1.29 is 9.32 Å². The molecule has 20 heavy (non-hydrogen) atoms. The molecule has 0 aliphatic heterocycles. The molecule has 4 heteroatoms. The highest BCUT2D eigenvalue weighted by Gasteiger charge is 2.13. The topological polar surface area (TPSA) is 55.1 Å². The zero-order valence-electron chi connectivity index (χ0n) is 11.6. The molecule has 104 valence electrons. The van der Waals surface area contributed by atoms with E-state index in [2.05, 4.69) is 16.5 Å². The van der Waals surface area contributed by atoms with Crippen molar-refractivity contribution in [3.05, 3.63) is 52.4 Å². The predicted octanol–water partition coefficient (Wildman–Crippen LogP) is 2.79. The number of amides is 1. The number of benzene rings is 1. The van der Waals surface area contributed by atoms with Crippen LogP contribution in [0.25, 0.3) is 0 Å². The summed E-state index contributed by atoms with van der Waals surface area (Å²) in [7, 11) is 0. The van der Waals surface area contributed by atoms with Crippen LogP contribution < -0.4 is 5.32 Å². The molecule has 1 heterocycles. The number of aryl methyl sites for hydroxylation is 3. The molecule has 0 unspecified atom stereocenters. The lowest BCUT2D eigenvalue weighted by Gasteiger charge is -2.16. The molecule has 1 aromatic heterocycles. The normalized spacial score (nSPS) is 13.8. The summed E-state index contributed by atoms with van der Waals surface area (Å²) in [6.07, 6.45) is 4.69. The van der Waals surface area contributed by atoms with E-state index in [-0.39, 0.29) is 5.91 Å². The average molecular weight is 270 g/mol. The molecule has 3 rings (SSSR count). The van der Waals surface area contributed by atoms with Gasteiger partial charge in [-0.25, -0.2) is 0 Å². The molecule has 0 saturated heterocycles. The maximum atomic E-state index is 12.1. The van der Waals surface area contributed by atoms with Gasteiger partial charge in [0.15, 0.2) is 5.76 Å². The van der Waals surface area contributed by atoms with E-state index in [0.29, 0.717) is 12.3 Å². The average Bonchev–Trinajstić information content (AvgIpc) is 2.90. The fourth-order valence-corrected chi connectivity index (χ4v) is 2.64. The molecule has 2 aromatic rings. The summed E-state index contributed by atoms with van der Waals surface area (Å²) < 4.78 is 5.08. The van der Waals surface area contributed by atoms with Gasteiger partial charge in [0, 0.05) is 11.6 Å². The van der Waals surface area contributed by atoms with E-state index in [1.165, 1.54) is 24.0 Å². The molecule has 4 nitrogen and oxygen atoms in total. The molecule has 0 radical (unpaired) electrons. The number of nitrogens with one attached hydrogen (secondary N) is 1. The lowest BCUT2D eigenvalue weighted by atomic mass is 9.90. The second kappa shape index (κ2) is 5.49. The van der Waals surface area contributed by atoms with Gasteiger partial charge in [-0.1, -0.05) is 11.2 Å². The van der Waals surface area contributed by atoms with Crippen LogP contribution in [0, 0.1) is 6.92 Å². The lowest BCUT2D eigenvalue weighted by Crippen LogP contribution is -2.23. The van der Waals surface area contributed by atoms with Crippen molar-refractivity contribution in [2.45, 2.75) is 39.2 Å². The summed E-state index contributed by atoms with van der Waals surface area (Å²) in [6, 6.07) is 7.84. The van der Waals surface area contributed by atoms with Crippen molar-refractivity contribution in [2.24, 2.45) is 0 Å². The van der Waals surface area contributed by atoms with Crippen LogP contribution in [-0.4, -0.2) is 11.1 Å². The monoisotopic (exact) mass is 270 g/mol. The van der Waals surface area contributed by atoms with E-state index in [1.54, 1.807) is 0 Å². The summed E-state index contributed by atoms with van der Waals surface area (Å²) in [5.41, 5.74) is 4.25. The van der Waals surface area contributed by atoms with Gasteiger partial charge >= 0.3 is 0 Å². The van der Waals surface area contributed by atoms with Gasteiger partial charge < -0.3 is 9.84 Å². The highest BCUT2D eigenvalue weighted by Crippen LogP contribution is 2.22. The molecule has 0 saturated carbocycles. The molecule has 1 aliphatic rings. The summed E-state index contributed by atoms with van der Waals surface area (Å²) >= 11 is 0. The first kappa shape index (κ1) is 12.9. The molecule has 0 bridgehead atoms. The fraction of sp³-hybridized carbons (Fsp3) is 0.375. The van der Waals surface area contributed by atoms with Gasteiger partial charge in [-0.15, -0.1) is 0 Å². The van der Waals surface area contributed by atoms with E-state index in [0.717, 1.165) is 24.1 Å². The predicted molar refractivity (Wildman–Crippen MR) is 75.5 cm³/mol. The van der Waals surface area contributed by atoms with E-state index in [1.807, 2.05) is 25.1 Å². The van der Waals surface area contributed by atoms with Crippen LogP contribution in [-0.2, 0) is 19.4 Å². The van der Waals surface area contributed by atoms with E-state index in [9.17, 15) is 4.79 Å². The number of hydrogen-bond acceptors (Lipinski definition) is 3. The zero-order valence-corrected chi connectivity index (χ0v) is 11.6. The van der Waals surface area contributed by atoms with E-state index >= 15 is 0 Å². The van der Waals surface area contributed by atoms with Crippen molar-refractivity contribution >= 4 is 5.91 Å². The van der Waals surface area contributed by atoms with Crippen LogP contribution in [0.1, 0.15) is 45.8 Å². The third-order valence-electron chi connectivity index (χ3n) is 3.71. The van der Waals surface area contributed by atoms with Crippen LogP contribution >= 0.6 is 0 Å². The summed E-state index contributed by atoms with van der Waals surface area (Å²) in [4.78, 5) is 12.1. The van der Waals surface area contributed by atoms with E-state index < -0.39 is 0 Å². The second-order valence-corrected chi connectivity index (χ2v) is 5.31. The van der Waals surface area contributed by atoms with Crippen LogP contribution in [0.3, 0.4) is 0 Å². The summed E-state index contributed by atoms with van der Waals surface area (Å²) in [5, 5.41) is 6.66. The molecule has 0 fully saturated rings. The van der Waals surface area contributed by atoms with Gasteiger partial charge in [-0.3, -0.25) is 4.79 Å². The Morgan fingerprint density at radius 3 is 2.80 bits per heavy atom. The first-order valence-electron chi connectivity index (χ1n) is 7.04. The Labute approximate surface area is 118 Å².